The number of nitrogens with zero attached hydrogens (tertiary/aromatic N) is 3. The normalized spacial score (nSPS) is 20.6. The molecule has 3 aromatic carbocycles. The molecular formula is C27H25Cl3F2N6O3. The van der Waals surface area contributed by atoms with Gasteiger partial charge in [0.25, 0.3) is 18.1 Å². The lowest BCUT2D eigenvalue weighted by Crippen LogP contribution is -2.10. The first-order valence-corrected chi connectivity index (χ1v) is 13.3. The van der Waals surface area contributed by atoms with Crippen molar-refractivity contribution >= 4 is 52.9 Å². The fourth-order valence-electron chi connectivity index (χ4n) is 3.93. The molecule has 2 unspecified atom stereocenters. The van der Waals surface area contributed by atoms with Crippen LogP contribution in [0.25, 0.3) is 0 Å². The molecule has 6 rings (SSSR count). The number of amidine groups is 3. The molecule has 0 amide bonds. The maximum atomic E-state index is 13.3. The van der Waals surface area contributed by atoms with E-state index in [4.69, 9.17) is 66.2 Å². The number of ether oxygens (including phenoxy) is 3. The minimum atomic E-state index is -0.381. The number of halogens is 5. The zero-order chi connectivity index (χ0) is 29.5. The van der Waals surface area contributed by atoms with Crippen molar-refractivity contribution in [2.75, 3.05) is 19.8 Å². The summed E-state index contributed by atoms with van der Waals surface area (Å²) in [6.45, 7) is 1.11. The molecule has 3 aromatic rings. The molecular weight excluding hydrogens is 601 g/mol. The van der Waals surface area contributed by atoms with Gasteiger partial charge in [-0.3, -0.25) is 0 Å². The van der Waals surface area contributed by atoms with Crippen molar-refractivity contribution in [1.82, 2.24) is 0 Å². The highest BCUT2D eigenvalue weighted by atomic mass is 35.5. The molecule has 0 saturated carbocycles. The Morgan fingerprint density at radius 3 is 1.66 bits per heavy atom. The summed E-state index contributed by atoms with van der Waals surface area (Å²) in [7, 11) is 0. The quantitative estimate of drug-likeness (QED) is 0.353. The molecule has 3 heterocycles. The van der Waals surface area contributed by atoms with Crippen molar-refractivity contribution in [3.8, 4) is 0 Å². The second-order valence-electron chi connectivity index (χ2n) is 8.81. The third-order valence-corrected chi connectivity index (χ3v) is 6.51. The molecule has 0 aromatic heterocycles. The van der Waals surface area contributed by atoms with Crippen LogP contribution < -0.4 is 17.2 Å². The van der Waals surface area contributed by atoms with E-state index in [1.165, 1.54) is 30.3 Å². The zero-order valence-electron chi connectivity index (χ0n) is 21.3. The first-order valence-electron chi connectivity index (χ1n) is 12.1. The summed E-state index contributed by atoms with van der Waals surface area (Å²) in [4.78, 5) is 12.0. The number of aliphatic imine (C=N–C) groups is 3. The van der Waals surface area contributed by atoms with Crippen LogP contribution in [0.4, 0.5) is 8.78 Å². The van der Waals surface area contributed by atoms with E-state index in [0.29, 0.717) is 33.8 Å². The molecule has 0 aliphatic carbocycles. The van der Waals surface area contributed by atoms with Crippen LogP contribution in [0.1, 0.15) is 34.8 Å². The summed E-state index contributed by atoms with van der Waals surface area (Å²) in [6, 6.07) is 15.8. The number of hydrogen-bond acceptors (Lipinski definition) is 9. The maximum Gasteiger partial charge on any atom is 0.282 e. The molecule has 0 bridgehead atoms. The summed E-state index contributed by atoms with van der Waals surface area (Å²) in [5.41, 5.74) is 18.2. The molecule has 0 spiro atoms. The highest BCUT2D eigenvalue weighted by Crippen LogP contribution is 2.28. The van der Waals surface area contributed by atoms with E-state index in [-0.39, 0.29) is 54.4 Å². The third-order valence-electron chi connectivity index (χ3n) is 5.84. The molecule has 14 heteroatoms. The van der Waals surface area contributed by atoms with Crippen molar-refractivity contribution in [2.45, 2.75) is 18.1 Å². The molecule has 0 fully saturated rings. The number of rotatable bonds is 3. The molecule has 0 radical (unpaired) electrons. The van der Waals surface area contributed by atoms with E-state index >= 15 is 0 Å². The monoisotopic (exact) mass is 624 g/mol. The maximum absolute atomic E-state index is 13.3. The van der Waals surface area contributed by atoms with Crippen LogP contribution >= 0.6 is 34.8 Å². The van der Waals surface area contributed by atoms with Crippen molar-refractivity contribution in [2.24, 2.45) is 32.2 Å². The fourth-order valence-corrected chi connectivity index (χ4v) is 4.65. The van der Waals surface area contributed by atoms with Gasteiger partial charge in [-0.2, -0.15) is 0 Å². The lowest BCUT2D eigenvalue weighted by Gasteiger charge is -2.06. The summed E-state index contributed by atoms with van der Waals surface area (Å²) in [5, 5.41) is 1.66. The van der Waals surface area contributed by atoms with Crippen LogP contribution in [0.2, 0.25) is 15.1 Å². The molecule has 3 atom stereocenters. The van der Waals surface area contributed by atoms with E-state index in [0.717, 1.165) is 11.1 Å². The first kappa shape index (κ1) is 30.2. The van der Waals surface area contributed by atoms with Gasteiger partial charge >= 0.3 is 0 Å². The van der Waals surface area contributed by atoms with Crippen molar-refractivity contribution < 1.29 is 23.0 Å². The van der Waals surface area contributed by atoms with Gasteiger partial charge in [0, 0.05) is 20.6 Å². The largest absolute Gasteiger partial charge is 0.463 e. The lowest BCUT2D eigenvalue weighted by molar-refractivity contribution is 0.312. The van der Waals surface area contributed by atoms with Crippen LogP contribution in [-0.4, -0.2) is 37.9 Å². The van der Waals surface area contributed by atoms with Crippen LogP contribution in [0.5, 0.6) is 0 Å². The first-order chi connectivity index (χ1) is 19.6. The average Bonchev–Trinajstić information content (AvgIpc) is 3.67. The van der Waals surface area contributed by atoms with E-state index < -0.39 is 0 Å². The molecule has 3 aliphatic rings. The van der Waals surface area contributed by atoms with Crippen molar-refractivity contribution in [3.05, 3.63) is 104 Å². The van der Waals surface area contributed by atoms with Gasteiger partial charge in [0.1, 0.15) is 49.6 Å². The SMILES string of the molecule is NC1=NC(c2cc(Cl)cc(Cl)c2)CO1.NC1=NC(c2cccc(F)c2)CO1.NC1=N[C@@H](c2cc(Cl)ccc2F)CO1. The van der Waals surface area contributed by atoms with Crippen molar-refractivity contribution in [1.29, 1.82) is 0 Å². The number of nitrogens with two attached hydrogens (primary N) is 3. The second-order valence-corrected chi connectivity index (χ2v) is 10.1. The predicted octanol–water partition coefficient (Wildman–Crippen LogP) is 5.46. The van der Waals surface area contributed by atoms with Gasteiger partial charge in [-0.25, -0.2) is 23.8 Å². The van der Waals surface area contributed by atoms with E-state index in [1.807, 2.05) is 12.1 Å². The van der Waals surface area contributed by atoms with Crippen LogP contribution in [0.3, 0.4) is 0 Å². The Kier molecular flexibility index (Phi) is 10.1. The Labute approximate surface area is 249 Å². The zero-order valence-corrected chi connectivity index (χ0v) is 23.6. The Bertz CT molecular complexity index is 1470. The summed E-state index contributed by atoms with van der Waals surface area (Å²) in [6.07, 6.45) is 0. The Balaban J connectivity index is 0.000000142. The molecule has 9 nitrogen and oxygen atoms in total. The van der Waals surface area contributed by atoms with Gasteiger partial charge < -0.3 is 31.4 Å². The summed E-state index contributed by atoms with van der Waals surface area (Å²) >= 11 is 17.5. The standard InChI is InChI=1S/C9H8Cl2N2O.C9H8ClFN2O.C9H9FN2O/c10-6-1-5(2-7(11)3-6)8-4-14-9(12)13-8;10-5-1-2-7(11)6(3-5)8-4-14-9(12)13-8;10-7-3-1-2-6(4-7)8-5-13-9(11)12-8/h2*1-3,8H,4H2,(H2,12,13);1-4,8H,5H2,(H2,11,12)/t;8-;/m.1./s1. The van der Waals surface area contributed by atoms with Gasteiger partial charge in [0.05, 0.1) is 0 Å². The number of benzene rings is 3. The Morgan fingerprint density at radius 1 is 0.610 bits per heavy atom. The molecule has 3 aliphatic heterocycles. The molecule has 0 saturated heterocycles. The van der Waals surface area contributed by atoms with Gasteiger partial charge in [0.15, 0.2) is 0 Å². The lowest BCUT2D eigenvalue weighted by atomic mass is 10.1. The third kappa shape index (κ3) is 8.59. The number of hydrogen-bond donors (Lipinski definition) is 3. The van der Waals surface area contributed by atoms with Gasteiger partial charge in [0.2, 0.25) is 0 Å². The van der Waals surface area contributed by atoms with Crippen molar-refractivity contribution in [3.63, 3.8) is 0 Å². The van der Waals surface area contributed by atoms with Crippen LogP contribution in [0, 0.1) is 11.6 Å². The predicted molar refractivity (Wildman–Crippen MR) is 155 cm³/mol. The Hall–Kier alpha value is -3.80. The van der Waals surface area contributed by atoms with Gasteiger partial charge in [-0.1, -0.05) is 46.9 Å². The van der Waals surface area contributed by atoms with Crippen LogP contribution in [-0.2, 0) is 14.2 Å². The second kappa shape index (κ2) is 13.7. The van der Waals surface area contributed by atoms with E-state index in [2.05, 4.69) is 15.0 Å². The van der Waals surface area contributed by atoms with E-state index in [9.17, 15) is 8.78 Å². The minimum Gasteiger partial charge on any atom is -0.463 e. The fraction of sp³-hybridized carbons (Fsp3) is 0.222. The molecule has 41 heavy (non-hydrogen) atoms. The average molecular weight is 626 g/mol. The van der Waals surface area contributed by atoms with Crippen LogP contribution in [0.15, 0.2) is 75.6 Å². The minimum absolute atomic E-state index is 0.0915. The van der Waals surface area contributed by atoms with E-state index in [1.54, 1.807) is 18.2 Å². The van der Waals surface area contributed by atoms with Gasteiger partial charge in [-0.05, 0) is 59.7 Å². The van der Waals surface area contributed by atoms with Gasteiger partial charge in [-0.15, -0.1) is 0 Å². The molecule has 216 valence electrons. The summed E-state index contributed by atoms with van der Waals surface area (Å²) < 4.78 is 41.1. The summed E-state index contributed by atoms with van der Waals surface area (Å²) in [5.74, 6) is -0.611. The highest BCUT2D eigenvalue weighted by Gasteiger charge is 2.22. The topological polar surface area (TPSA) is 143 Å². The smallest absolute Gasteiger partial charge is 0.282 e. The molecule has 6 N–H and O–H groups in total. The Morgan fingerprint density at radius 2 is 1.15 bits per heavy atom. The highest BCUT2D eigenvalue weighted by molar-refractivity contribution is 6.34.